The van der Waals surface area contributed by atoms with Gasteiger partial charge in [0.25, 0.3) is 5.91 Å². The molecule has 0 aliphatic carbocycles. The molecule has 5 rings (SSSR count). The van der Waals surface area contributed by atoms with E-state index < -0.39 is 71.2 Å². The SMILES string of the molecule is C[Si](C)(C)CCOC(=O)CO/N=S1\C=C(CC(=O)N[C@@H]2C(=O)N(S(=O)(=O)O)[C@@H]2N=[N+]=[N-])NC1=NC(c1ccccc1)(c1ccccc1)c1ccccc1. The molecule has 53 heavy (non-hydrogen) atoms. The van der Waals surface area contributed by atoms with Crippen LogP contribution in [0.4, 0.5) is 0 Å². The Bertz CT molecular complexity index is 1990. The number of aliphatic imine (C=N–C) groups is 1. The van der Waals surface area contributed by atoms with Crippen LogP contribution in [-0.2, 0) is 50.5 Å². The lowest BCUT2D eigenvalue weighted by atomic mass is 9.77. The molecule has 1 fully saturated rings. The maximum atomic E-state index is 13.2. The summed E-state index contributed by atoms with van der Waals surface area (Å²) in [5, 5.41) is 10.7. The standard InChI is InChI=1S/C34H38N8O8S2Si/c1-53(2,3)20-19-49-29(44)22-50-41-51-23-27(21-28(43)37-30-31(39-40-35)42(32(30)45)52(46,47)48)36-33(51)38-34(24-13-7-4-8-14-24,25-15-9-5-10-16-25)26-17-11-6-12-18-26/h4-18,23,30-31H,19-22H2,1-3H3,(H,36,38)(H,37,43)(H,46,47,48)/t30-,31-,51?/m0/s1. The highest BCUT2D eigenvalue weighted by Gasteiger charge is 2.53. The van der Waals surface area contributed by atoms with Crippen molar-refractivity contribution < 1.29 is 36.9 Å². The number of nitrogens with zero attached hydrogens (tertiary/aromatic N) is 6. The van der Waals surface area contributed by atoms with Crippen LogP contribution in [0.3, 0.4) is 0 Å². The number of ether oxygens (including phenoxy) is 1. The van der Waals surface area contributed by atoms with E-state index in [0.29, 0.717) is 10.9 Å². The Kier molecular flexibility index (Phi) is 12.3. The number of β-lactam (4-membered cyclic amide) rings is 1. The first-order chi connectivity index (χ1) is 25.2. The van der Waals surface area contributed by atoms with E-state index in [2.05, 4.69) is 44.8 Å². The fraction of sp³-hybridized carbons (Fsp3) is 0.294. The van der Waals surface area contributed by atoms with Gasteiger partial charge in [-0.1, -0.05) is 120 Å². The number of rotatable bonds is 15. The minimum absolute atomic E-state index is 0.0183. The topological polar surface area (TPSA) is 225 Å². The predicted octanol–water partition coefficient (Wildman–Crippen LogP) is 4.55. The predicted molar refractivity (Wildman–Crippen MR) is 201 cm³/mol. The van der Waals surface area contributed by atoms with E-state index in [1.807, 2.05) is 91.0 Å². The fourth-order valence-corrected chi connectivity index (χ4v) is 8.32. The van der Waals surface area contributed by atoms with Gasteiger partial charge in [-0.3, -0.25) is 14.1 Å². The van der Waals surface area contributed by atoms with Gasteiger partial charge in [0, 0.05) is 34.8 Å². The highest BCUT2D eigenvalue weighted by atomic mass is 32.2. The first-order valence-corrected chi connectivity index (χ1v) is 22.7. The number of benzene rings is 3. The van der Waals surface area contributed by atoms with Crippen LogP contribution < -0.4 is 10.6 Å². The Balaban J connectivity index is 1.49. The van der Waals surface area contributed by atoms with Gasteiger partial charge < -0.3 is 15.4 Å². The van der Waals surface area contributed by atoms with Gasteiger partial charge in [-0.2, -0.15) is 8.42 Å². The summed E-state index contributed by atoms with van der Waals surface area (Å²) in [4.78, 5) is 51.6. The van der Waals surface area contributed by atoms with Crippen molar-refractivity contribution in [2.75, 3.05) is 13.2 Å². The highest BCUT2D eigenvalue weighted by molar-refractivity contribution is 8.05. The molecule has 3 aromatic carbocycles. The summed E-state index contributed by atoms with van der Waals surface area (Å²) in [6.07, 6.45) is -2.06. The average molecular weight is 779 g/mol. The zero-order chi connectivity index (χ0) is 38.2. The monoisotopic (exact) mass is 778 g/mol. The van der Waals surface area contributed by atoms with Gasteiger partial charge in [-0.15, -0.1) is 0 Å². The number of amides is 2. The van der Waals surface area contributed by atoms with Gasteiger partial charge >= 0.3 is 16.3 Å². The van der Waals surface area contributed by atoms with Gasteiger partial charge in [0.1, 0.15) is 11.6 Å². The zero-order valence-corrected chi connectivity index (χ0v) is 31.7. The third-order valence-corrected chi connectivity index (χ3v) is 12.1. The number of carbonyl (C=O) groups is 3. The maximum Gasteiger partial charge on any atom is 0.362 e. The second-order valence-corrected chi connectivity index (χ2v) is 21.5. The molecule has 0 saturated carbocycles. The van der Waals surface area contributed by atoms with Crippen molar-refractivity contribution in [3.8, 4) is 0 Å². The molecule has 2 aliphatic heterocycles. The lowest BCUT2D eigenvalue weighted by molar-refractivity contribution is -0.148. The summed E-state index contributed by atoms with van der Waals surface area (Å²) in [5.41, 5.74) is 10.5. The Morgan fingerprint density at radius 2 is 1.55 bits per heavy atom. The Hall–Kier alpha value is -5.17. The van der Waals surface area contributed by atoms with Crippen molar-refractivity contribution in [3.05, 3.63) is 129 Å². The van der Waals surface area contributed by atoms with E-state index in [4.69, 9.17) is 20.1 Å². The maximum absolute atomic E-state index is 13.2. The molecule has 2 amide bonds. The third kappa shape index (κ3) is 9.44. The van der Waals surface area contributed by atoms with Crippen LogP contribution in [0.15, 0.2) is 117 Å². The molecule has 16 nitrogen and oxygen atoms in total. The average Bonchev–Trinajstić information content (AvgIpc) is 3.49. The van der Waals surface area contributed by atoms with Crippen LogP contribution in [0, 0.1) is 0 Å². The molecule has 19 heteroatoms. The smallest absolute Gasteiger partial charge is 0.362 e. The van der Waals surface area contributed by atoms with Crippen LogP contribution in [0.5, 0.6) is 0 Å². The Morgan fingerprint density at radius 3 is 2.04 bits per heavy atom. The van der Waals surface area contributed by atoms with Crippen LogP contribution in [0.2, 0.25) is 25.7 Å². The number of esters is 1. The quantitative estimate of drug-likeness (QED) is 0.0226. The van der Waals surface area contributed by atoms with Crippen LogP contribution in [-0.4, -0.2) is 73.7 Å². The lowest BCUT2D eigenvalue weighted by Crippen LogP contribution is -2.71. The summed E-state index contributed by atoms with van der Waals surface area (Å²) in [5.74, 6) is -2.50. The molecular formula is C34H38N8O8S2Si. The van der Waals surface area contributed by atoms with E-state index in [1.54, 1.807) is 5.41 Å². The van der Waals surface area contributed by atoms with E-state index >= 15 is 0 Å². The van der Waals surface area contributed by atoms with Crippen molar-refractivity contribution in [3.63, 3.8) is 0 Å². The number of hydrogen-bond acceptors (Lipinski definition) is 10. The molecule has 1 unspecified atom stereocenters. The number of nitrogens with one attached hydrogen (secondary N) is 2. The zero-order valence-electron chi connectivity index (χ0n) is 29.0. The minimum Gasteiger partial charge on any atom is -0.464 e. The third-order valence-electron chi connectivity index (χ3n) is 8.10. The van der Waals surface area contributed by atoms with Gasteiger partial charge in [-0.25, -0.2) is 18.9 Å². The van der Waals surface area contributed by atoms with Crippen LogP contribution in [0.25, 0.3) is 10.4 Å². The molecular weight excluding hydrogens is 741 g/mol. The summed E-state index contributed by atoms with van der Waals surface area (Å²) in [6, 6.07) is 28.1. The molecule has 3 aromatic rings. The van der Waals surface area contributed by atoms with Crippen molar-refractivity contribution in [1.29, 1.82) is 0 Å². The number of carbonyl (C=O) groups excluding carboxylic acids is 3. The molecule has 0 bridgehead atoms. The number of azide groups is 1. The summed E-state index contributed by atoms with van der Waals surface area (Å²) < 4.78 is 42.2. The first-order valence-electron chi connectivity index (χ1n) is 16.3. The van der Waals surface area contributed by atoms with Gasteiger partial charge in [0.05, 0.1) is 13.0 Å². The van der Waals surface area contributed by atoms with Crippen molar-refractivity contribution in [2.45, 2.75) is 49.9 Å². The molecule has 0 radical (unpaired) electrons. The molecule has 3 N–H and O–H groups in total. The number of hydrogen-bond donors (Lipinski definition) is 3. The van der Waals surface area contributed by atoms with Gasteiger partial charge in [-0.05, 0) is 28.3 Å². The molecule has 278 valence electrons. The van der Waals surface area contributed by atoms with E-state index in [-0.39, 0.29) is 17.3 Å². The summed E-state index contributed by atoms with van der Waals surface area (Å²) in [6.45, 7) is 6.33. The van der Waals surface area contributed by atoms with Crippen molar-refractivity contribution >= 4 is 52.0 Å². The van der Waals surface area contributed by atoms with E-state index in [0.717, 1.165) is 22.7 Å². The molecule has 2 aliphatic rings. The first kappa shape index (κ1) is 39.0. The fourth-order valence-electron chi connectivity index (χ4n) is 5.56. The van der Waals surface area contributed by atoms with Gasteiger partial charge in [0.2, 0.25) is 5.91 Å². The molecule has 1 saturated heterocycles. The second kappa shape index (κ2) is 16.7. The summed E-state index contributed by atoms with van der Waals surface area (Å²) in [7, 11) is -7.77. The Labute approximate surface area is 309 Å². The van der Waals surface area contributed by atoms with Gasteiger partial charge in [0.15, 0.2) is 17.9 Å². The molecule has 3 atom stereocenters. The highest BCUT2D eigenvalue weighted by Crippen LogP contribution is 2.41. The van der Waals surface area contributed by atoms with E-state index in [1.165, 1.54) is 0 Å². The molecule has 0 spiro atoms. The second-order valence-electron chi connectivity index (χ2n) is 13.1. The minimum atomic E-state index is -5.03. The lowest BCUT2D eigenvalue weighted by Gasteiger charge is -2.41. The van der Waals surface area contributed by atoms with Crippen molar-refractivity contribution in [1.82, 2.24) is 14.9 Å². The largest absolute Gasteiger partial charge is 0.464 e. The van der Waals surface area contributed by atoms with Crippen LogP contribution >= 0.6 is 0 Å². The summed E-state index contributed by atoms with van der Waals surface area (Å²) >= 11 is 0. The molecule has 2 heterocycles. The van der Waals surface area contributed by atoms with E-state index in [9.17, 15) is 27.4 Å². The Morgan fingerprint density at radius 1 is 1.00 bits per heavy atom. The normalized spacial score (nSPS) is 19.5. The molecule has 0 aromatic heterocycles. The number of amidine groups is 1. The van der Waals surface area contributed by atoms with Crippen LogP contribution in [0.1, 0.15) is 23.1 Å². The van der Waals surface area contributed by atoms with Crippen molar-refractivity contribution in [2.24, 2.45) is 14.6 Å².